The Morgan fingerprint density at radius 3 is 2.31 bits per heavy atom. The van der Waals surface area contributed by atoms with E-state index in [9.17, 15) is 0 Å². The van der Waals surface area contributed by atoms with E-state index in [4.69, 9.17) is 0 Å². The van der Waals surface area contributed by atoms with Gasteiger partial charge in [0.2, 0.25) is 5.69 Å². The Kier molecular flexibility index (Phi) is 3.80. The van der Waals surface area contributed by atoms with Crippen LogP contribution >= 0.6 is 0 Å². The molecular formula is C25H28N+. The molecule has 0 bridgehead atoms. The van der Waals surface area contributed by atoms with Crippen LogP contribution in [0.15, 0.2) is 54.7 Å². The average molecular weight is 343 g/mol. The van der Waals surface area contributed by atoms with Crippen molar-refractivity contribution in [1.82, 2.24) is 0 Å². The van der Waals surface area contributed by atoms with Gasteiger partial charge in [0.1, 0.15) is 7.05 Å². The van der Waals surface area contributed by atoms with Gasteiger partial charge in [0.25, 0.3) is 0 Å². The Morgan fingerprint density at radius 1 is 0.846 bits per heavy atom. The van der Waals surface area contributed by atoms with Crippen molar-refractivity contribution in [1.29, 1.82) is 0 Å². The van der Waals surface area contributed by atoms with E-state index in [1.807, 2.05) is 0 Å². The van der Waals surface area contributed by atoms with Crippen LogP contribution in [0.5, 0.6) is 0 Å². The quantitative estimate of drug-likeness (QED) is 0.509. The summed E-state index contributed by atoms with van der Waals surface area (Å²) in [7, 11) is 2.14. The highest BCUT2D eigenvalue weighted by atomic mass is 14.9. The molecule has 0 radical (unpaired) electrons. The van der Waals surface area contributed by atoms with Crippen LogP contribution in [-0.2, 0) is 12.5 Å². The number of rotatable bonds is 2. The van der Waals surface area contributed by atoms with Crippen LogP contribution in [0.4, 0.5) is 0 Å². The molecule has 132 valence electrons. The van der Waals surface area contributed by atoms with Crippen LogP contribution in [0.1, 0.15) is 55.9 Å². The van der Waals surface area contributed by atoms with Crippen LogP contribution in [-0.4, -0.2) is 0 Å². The minimum atomic E-state index is 0.0443. The van der Waals surface area contributed by atoms with E-state index in [1.165, 1.54) is 44.6 Å². The van der Waals surface area contributed by atoms with Crippen molar-refractivity contribution in [3.63, 3.8) is 0 Å². The number of aromatic nitrogens is 1. The number of nitrogens with zero attached hydrogens (tertiary/aromatic N) is 1. The molecule has 0 N–H and O–H groups in total. The topological polar surface area (TPSA) is 3.88 Å². The molecule has 0 saturated heterocycles. The average Bonchev–Trinajstić information content (AvgIpc) is 2.82. The zero-order valence-electron chi connectivity index (χ0n) is 16.7. The lowest BCUT2D eigenvalue weighted by Gasteiger charge is -2.22. The van der Waals surface area contributed by atoms with Gasteiger partial charge in [-0.15, -0.1) is 0 Å². The smallest absolute Gasteiger partial charge is 0.201 e. The predicted molar refractivity (Wildman–Crippen MR) is 109 cm³/mol. The number of hydrogen-bond donors (Lipinski definition) is 0. The van der Waals surface area contributed by atoms with E-state index in [0.717, 1.165) is 0 Å². The molecule has 4 rings (SSSR count). The summed E-state index contributed by atoms with van der Waals surface area (Å²) in [4.78, 5) is 0. The van der Waals surface area contributed by atoms with Crippen molar-refractivity contribution in [3.05, 3.63) is 77.0 Å². The van der Waals surface area contributed by atoms with Crippen molar-refractivity contribution in [2.75, 3.05) is 0 Å². The van der Waals surface area contributed by atoms with Gasteiger partial charge in [-0.05, 0) is 52.3 Å². The lowest BCUT2D eigenvalue weighted by Crippen LogP contribution is -2.31. The van der Waals surface area contributed by atoms with Crippen LogP contribution in [0.3, 0.4) is 0 Å². The molecular weight excluding hydrogens is 314 g/mol. The van der Waals surface area contributed by atoms with E-state index in [2.05, 4.69) is 101 Å². The molecule has 0 atom stereocenters. The third-order valence-corrected chi connectivity index (χ3v) is 6.05. The summed E-state index contributed by atoms with van der Waals surface area (Å²) >= 11 is 0. The van der Waals surface area contributed by atoms with Gasteiger partial charge in [0.05, 0.1) is 0 Å². The van der Waals surface area contributed by atoms with Crippen LogP contribution in [0.25, 0.3) is 22.4 Å². The molecule has 0 fully saturated rings. The minimum absolute atomic E-state index is 0.0443. The second-order valence-corrected chi connectivity index (χ2v) is 8.49. The molecule has 0 amide bonds. The Balaban J connectivity index is 1.96. The largest absolute Gasteiger partial charge is 0.212 e. The van der Waals surface area contributed by atoms with Crippen molar-refractivity contribution < 1.29 is 4.57 Å². The SMILES string of the molecule is Cc1cc2c(cc1-c1cc(C(C)C)cc[n+]1C)C(C)(C)c1ccccc1-2. The van der Waals surface area contributed by atoms with Gasteiger partial charge in [-0.3, -0.25) is 0 Å². The standard InChI is InChI=1S/C25H28N/c1-16(2)18-11-12-26(6)24(14-18)20-15-23-21(13-17(20)3)19-9-7-8-10-22(19)25(23,4)5/h7-16H,1-6H3/q+1. The van der Waals surface area contributed by atoms with Gasteiger partial charge in [0, 0.05) is 23.1 Å². The second kappa shape index (κ2) is 5.81. The molecule has 1 heterocycles. The van der Waals surface area contributed by atoms with Gasteiger partial charge >= 0.3 is 0 Å². The van der Waals surface area contributed by atoms with Crippen LogP contribution in [0.2, 0.25) is 0 Å². The summed E-state index contributed by atoms with van der Waals surface area (Å²) in [5.41, 5.74) is 11.1. The molecule has 2 aromatic carbocycles. The van der Waals surface area contributed by atoms with E-state index < -0.39 is 0 Å². The third-order valence-electron chi connectivity index (χ3n) is 6.05. The Morgan fingerprint density at radius 2 is 1.58 bits per heavy atom. The molecule has 3 aromatic rings. The molecule has 0 saturated carbocycles. The summed E-state index contributed by atoms with van der Waals surface area (Å²) in [5, 5.41) is 0. The fourth-order valence-corrected chi connectivity index (χ4v) is 4.34. The lowest BCUT2D eigenvalue weighted by atomic mass is 9.81. The number of pyridine rings is 1. The minimum Gasteiger partial charge on any atom is -0.201 e. The number of hydrogen-bond acceptors (Lipinski definition) is 0. The van der Waals surface area contributed by atoms with Crippen LogP contribution < -0.4 is 4.57 Å². The zero-order valence-corrected chi connectivity index (χ0v) is 16.7. The van der Waals surface area contributed by atoms with Crippen molar-refractivity contribution in [2.24, 2.45) is 7.05 Å². The highest BCUT2D eigenvalue weighted by Gasteiger charge is 2.36. The molecule has 1 nitrogen and oxygen atoms in total. The maximum absolute atomic E-state index is 2.43. The summed E-state index contributed by atoms with van der Waals surface area (Å²) in [5.74, 6) is 0.533. The molecule has 26 heavy (non-hydrogen) atoms. The summed E-state index contributed by atoms with van der Waals surface area (Å²) in [6.07, 6.45) is 2.19. The van der Waals surface area contributed by atoms with Crippen molar-refractivity contribution >= 4 is 0 Å². The van der Waals surface area contributed by atoms with E-state index >= 15 is 0 Å². The Bertz CT molecular complexity index is 1010. The fourth-order valence-electron chi connectivity index (χ4n) is 4.34. The Labute approximate surface area is 157 Å². The number of aryl methyl sites for hydroxylation is 2. The number of fused-ring (bicyclic) bond motifs is 3. The first kappa shape index (κ1) is 17.0. The van der Waals surface area contributed by atoms with Crippen molar-refractivity contribution in [2.45, 2.75) is 46.0 Å². The second-order valence-electron chi connectivity index (χ2n) is 8.49. The van der Waals surface area contributed by atoms with Gasteiger partial charge in [-0.2, -0.15) is 0 Å². The Hall–Kier alpha value is -2.41. The molecule has 1 heteroatoms. The molecule has 0 aliphatic heterocycles. The van der Waals surface area contributed by atoms with Gasteiger partial charge in [0.15, 0.2) is 6.20 Å². The summed E-state index contributed by atoms with van der Waals surface area (Å²) in [6.45, 7) is 11.5. The van der Waals surface area contributed by atoms with E-state index in [1.54, 1.807) is 0 Å². The lowest BCUT2D eigenvalue weighted by molar-refractivity contribution is -0.660. The highest BCUT2D eigenvalue weighted by Crippen LogP contribution is 2.50. The normalized spacial score (nSPS) is 14.4. The van der Waals surface area contributed by atoms with E-state index in [-0.39, 0.29) is 5.41 Å². The first-order chi connectivity index (χ1) is 12.3. The highest BCUT2D eigenvalue weighted by molar-refractivity contribution is 5.84. The van der Waals surface area contributed by atoms with Gasteiger partial charge < -0.3 is 0 Å². The predicted octanol–water partition coefficient (Wildman–Crippen LogP) is 5.92. The third kappa shape index (κ3) is 2.41. The summed E-state index contributed by atoms with van der Waals surface area (Å²) < 4.78 is 2.25. The maximum Gasteiger partial charge on any atom is 0.212 e. The van der Waals surface area contributed by atoms with Gasteiger partial charge in [-0.25, -0.2) is 4.57 Å². The van der Waals surface area contributed by atoms with E-state index in [0.29, 0.717) is 5.92 Å². The first-order valence-corrected chi connectivity index (χ1v) is 9.55. The molecule has 1 aliphatic rings. The summed E-state index contributed by atoms with van der Waals surface area (Å²) in [6, 6.07) is 18.3. The first-order valence-electron chi connectivity index (χ1n) is 9.55. The molecule has 0 unspecified atom stereocenters. The molecule has 1 aromatic heterocycles. The van der Waals surface area contributed by atoms with Gasteiger partial charge in [-0.1, -0.05) is 58.0 Å². The van der Waals surface area contributed by atoms with Crippen LogP contribution in [0, 0.1) is 6.92 Å². The molecule has 1 aliphatic carbocycles. The zero-order chi connectivity index (χ0) is 18.6. The monoisotopic (exact) mass is 342 g/mol. The maximum atomic E-state index is 2.43. The fraction of sp³-hybridized carbons (Fsp3) is 0.320. The molecule has 0 spiro atoms. The number of benzene rings is 2. The van der Waals surface area contributed by atoms with Crippen molar-refractivity contribution in [3.8, 4) is 22.4 Å².